The number of rotatable bonds is 4. The van der Waals surface area contributed by atoms with Crippen molar-refractivity contribution in [1.29, 1.82) is 0 Å². The highest BCUT2D eigenvalue weighted by molar-refractivity contribution is 5.77. The van der Waals surface area contributed by atoms with Gasteiger partial charge >= 0.3 is 0 Å². The first-order valence-electron chi connectivity index (χ1n) is 3.81. The first-order valence-corrected chi connectivity index (χ1v) is 3.81. The van der Waals surface area contributed by atoms with Crippen molar-refractivity contribution in [3.05, 3.63) is 12.2 Å². The molecule has 0 saturated heterocycles. The van der Waals surface area contributed by atoms with Crippen LogP contribution >= 0.6 is 0 Å². The molecule has 3 N–H and O–H groups in total. The third-order valence-corrected chi connectivity index (χ3v) is 1.22. The standard InChI is InChI=1S/C8H16N2O/c1-7(2)8(11)10-6-4-3-5-9/h3-4,7H,5-6,9H2,1-2H3,(H,10,11)/b4-3+. The lowest BCUT2D eigenvalue weighted by atomic mass is 10.2. The van der Waals surface area contributed by atoms with E-state index in [-0.39, 0.29) is 11.8 Å². The second-order valence-electron chi connectivity index (χ2n) is 2.61. The molecule has 0 bridgehead atoms. The predicted molar refractivity (Wildman–Crippen MR) is 46.0 cm³/mol. The van der Waals surface area contributed by atoms with E-state index in [9.17, 15) is 4.79 Å². The lowest BCUT2D eigenvalue weighted by Crippen LogP contribution is -2.27. The summed E-state index contributed by atoms with van der Waals surface area (Å²) < 4.78 is 0. The van der Waals surface area contributed by atoms with Gasteiger partial charge in [-0.15, -0.1) is 0 Å². The van der Waals surface area contributed by atoms with Gasteiger partial charge in [0.15, 0.2) is 0 Å². The van der Waals surface area contributed by atoms with E-state index in [0.717, 1.165) is 0 Å². The highest BCUT2D eigenvalue weighted by Gasteiger charge is 2.02. The van der Waals surface area contributed by atoms with Gasteiger partial charge in [0.25, 0.3) is 0 Å². The Morgan fingerprint density at radius 3 is 2.64 bits per heavy atom. The molecule has 11 heavy (non-hydrogen) atoms. The van der Waals surface area contributed by atoms with Gasteiger partial charge in [0.05, 0.1) is 0 Å². The van der Waals surface area contributed by atoms with Crippen LogP contribution < -0.4 is 11.1 Å². The van der Waals surface area contributed by atoms with E-state index in [2.05, 4.69) is 5.32 Å². The van der Waals surface area contributed by atoms with Crippen LogP contribution in [-0.2, 0) is 4.79 Å². The molecule has 3 nitrogen and oxygen atoms in total. The maximum atomic E-state index is 10.9. The highest BCUT2D eigenvalue weighted by Crippen LogP contribution is 1.89. The van der Waals surface area contributed by atoms with Gasteiger partial charge in [0, 0.05) is 19.0 Å². The van der Waals surface area contributed by atoms with Crippen LogP contribution in [0.3, 0.4) is 0 Å². The fourth-order valence-electron chi connectivity index (χ4n) is 0.543. The van der Waals surface area contributed by atoms with Gasteiger partial charge in [-0.1, -0.05) is 26.0 Å². The number of nitrogens with two attached hydrogens (primary N) is 1. The van der Waals surface area contributed by atoms with Crippen LogP contribution in [0.15, 0.2) is 12.2 Å². The minimum atomic E-state index is 0.0567. The summed E-state index contributed by atoms with van der Waals surface area (Å²) in [6.45, 7) is 4.83. The molecule has 0 aromatic heterocycles. The van der Waals surface area contributed by atoms with Crippen molar-refractivity contribution in [1.82, 2.24) is 5.32 Å². The highest BCUT2D eigenvalue weighted by atomic mass is 16.1. The molecule has 0 radical (unpaired) electrons. The van der Waals surface area contributed by atoms with Crippen molar-refractivity contribution < 1.29 is 4.79 Å². The molecule has 64 valence electrons. The molecule has 1 amide bonds. The van der Waals surface area contributed by atoms with Crippen LogP contribution in [0.1, 0.15) is 13.8 Å². The topological polar surface area (TPSA) is 55.1 Å². The van der Waals surface area contributed by atoms with Crippen molar-refractivity contribution in [2.24, 2.45) is 11.7 Å². The summed E-state index contributed by atoms with van der Waals surface area (Å²) >= 11 is 0. The smallest absolute Gasteiger partial charge is 0.222 e. The minimum Gasteiger partial charge on any atom is -0.352 e. The Morgan fingerprint density at radius 1 is 1.55 bits per heavy atom. The second-order valence-corrected chi connectivity index (χ2v) is 2.61. The van der Waals surface area contributed by atoms with E-state index < -0.39 is 0 Å². The average molecular weight is 156 g/mol. The fraction of sp³-hybridized carbons (Fsp3) is 0.625. The molecule has 3 heteroatoms. The molecule has 0 aliphatic carbocycles. The maximum Gasteiger partial charge on any atom is 0.222 e. The largest absolute Gasteiger partial charge is 0.352 e. The second kappa shape index (κ2) is 5.92. The zero-order valence-electron chi connectivity index (χ0n) is 7.13. The molecule has 0 fully saturated rings. The average Bonchev–Trinajstić information content (AvgIpc) is 1.97. The van der Waals surface area contributed by atoms with Gasteiger partial charge < -0.3 is 11.1 Å². The number of amides is 1. The van der Waals surface area contributed by atoms with Crippen LogP contribution in [0.2, 0.25) is 0 Å². The van der Waals surface area contributed by atoms with Crippen LogP contribution in [-0.4, -0.2) is 19.0 Å². The maximum absolute atomic E-state index is 10.9. The van der Waals surface area contributed by atoms with Gasteiger partial charge in [0.2, 0.25) is 5.91 Å². The number of nitrogens with one attached hydrogen (secondary N) is 1. The minimum absolute atomic E-state index is 0.0567. The molecule has 0 unspecified atom stereocenters. The summed E-state index contributed by atoms with van der Waals surface area (Å²) in [5.74, 6) is 0.132. The van der Waals surface area contributed by atoms with E-state index in [1.807, 2.05) is 26.0 Å². The van der Waals surface area contributed by atoms with Gasteiger partial charge in [-0.25, -0.2) is 0 Å². The van der Waals surface area contributed by atoms with E-state index >= 15 is 0 Å². The monoisotopic (exact) mass is 156 g/mol. The first kappa shape index (κ1) is 10.2. The number of hydrogen-bond donors (Lipinski definition) is 2. The lowest BCUT2D eigenvalue weighted by molar-refractivity contribution is -0.123. The van der Waals surface area contributed by atoms with Crippen molar-refractivity contribution in [2.75, 3.05) is 13.1 Å². The molecule has 0 aromatic carbocycles. The van der Waals surface area contributed by atoms with Gasteiger partial charge in [-0.05, 0) is 0 Å². The van der Waals surface area contributed by atoms with Crippen LogP contribution in [0.4, 0.5) is 0 Å². The van der Waals surface area contributed by atoms with Crippen molar-refractivity contribution in [2.45, 2.75) is 13.8 Å². The molecular formula is C8H16N2O. The Labute approximate surface area is 67.7 Å². The first-order chi connectivity index (χ1) is 5.18. The molecule has 0 atom stereocenters. The van der Waals surface area contributed by atoms with Gasteiger partial charge in [-0.3, -0.25) is 4.79 Å². The molecule has 0 aromatic rings. The van der Waals surface area contributed by atoms with Crippen LogP contribution in [0.5, 0.6) is 0 Å². The molecular weight excluding hydrogens is 140 g/mol. The Kier molecular flexibility index (Phi) is 5.47. The summed E-state index contributed by atoms with van der Waals surface area (Å²) in [4.78, 5) is 10.9. The van der Waals surface area contributed by atoms with E-state index in [1.54, 1.807) is 0 Å². The normalized spacial score (nSPS) is 10.9. The van der Waals surface area contributed by atoms with Crippen molar-refractivity contribution in [3.8, 4) is 0 Å². The SMILES string of the molecule is CC(C)C(=O)NC/C=C/CN. The van der Waals surface area contributed by atoms with Crippen LogP contribution in [0, 0.1) is 5.92 Å². The zero-order chi connectivity index (χ0) is 8.69. The summed E-state index contributed by atoms with van der Waals surface area (Å²) in [5.41, 5.74) is 5.21. The third kappa shape index (κ3) is 5.61. The fourth-order valence-corrected chi connectivity index (χ4v) is 0.543. The van der Waals surface area contributed by atoms with Gasteiger partial charge in [-0.2, -0.15) is 0 Å². The lowest BCUT2D eigenvalue weighted by Gasteiger charge is -2.03. The van der Waals surface area contributed by atoms with Gasteiger partial charge in [0.1, 0.15) is 0 Å². The van der Waals surface area contributed by atoms with Crippen molar-refractivity contribution >= 4 is 5.91 Å². The third-order valence-electron chi connectivity index (χ3n) is 1.22. The Bertz CT molecular complexity index is 141. The summed E-state index contributed by atoms with van der Waals surface area (Å²) in [5, 5.41) is 2.74. The number of carbonyl (C=O) groups excluding carboxylic acids is 1. The molecule has 0 rings (SSSR count). The quantitative estimate of drug-likeness (QED) is 0.574. The van der Waals surface area contributed by atoms with Crippen LogP contribution in [0.25, 0.3) is 0 Å². The summed E-state index contributed by atoms with van der Waals surface area (Å²) in [7, 11) is 0. The number of carbonyl (C=O) groups is 1. The van der Waals surface area contributed by atoms with E-state index in [1.165, 1.54) is 0 Å². The number of hydrogen-bond acceptors (Lipinski definition) is 2. The van der Waals surface area contributed by atoms with Crippen molar-refractivity contribution in [3.63, 3.8) is 0 Å². The molecule has 0 aliphatic heterocycles. The molecule has 0 aliphatic rings. The summed E-state index contributed by atoms with van der Waals surface area (Å²) in [6.07, 6.45) is 3.67. The van der Waals surface area contributed by atoms with E-state index in [4.69, 9.17) is 5.73 Å². The summed E-state index contributed by atoms with van der Waals surface area (Å²) in [6, 6.07) is 0. The van der Waals surface area contributed by atoms with E-state index in [0.29, 0.717) is 13.1 Å². The Balaban J connectivity index is 3.39. The Morgan fingerprint density at radius 2 is 2.18 bits per heavy atom. The zero-order valence-corrected chi connectivity index (χ0v) is 7.13. The predicted octanol–water partition coefficient (Wildman–Crippen LogP) is 0.273. The molecule has 0 heterocycles. The Hall–Kier alpha value is -0.830. The molecule has 0 saturated carbocycles. The molecule has 0 spiro atoms.